The van der Waals surface area contributed by atoms with Gasteiger partial charge in [0, 0.05) is 25.9 Å². The molecule has 1 aliphatic heterocycles. The van der Waals surface area contributed by atoms with Gasteiger partial charge in [-0.2, -0.15) is 0 Å². The average Bonchev–Trinajstić information content (AvgIpc) is 2.68. The molecule has 0 aliphatic carbocycles. The molecule has 1 amide bonds. The topological polar surface area (TPSA) is 46.3 Å². The Hall–Kier alpha value is -1.03. The fourth-order valence-electron chi connectivity index (χ4n) is 2.16. The summed E-state index contributed by atoms with van der Waals surface area (Å²) in [6.07, 6.45) is 1.95. The van der Waals surface area contributed by atoms with Crippen molar-refractivity contribution >= 4 is 17.5 Å². The van der Waals surface area contributed by atoms with Crippen LogP contribution in [-0.4, -0.2) is 34.8 Å². The number of halogens is 1. The molecular weight excluding hydrogens is 240 g/mol. The van der Waals surface area contributed by atoms with Gasteiger partial charge in [-0.05, 0) is 25.7 Å². The van der Waals surface area contributed by atoms with Gasteiger partial charge in [0.05, 0.1) is 5.69 Å². The van der Waals surface area contributed by atoms with E-state index in [9.17, 15) is 4.79 Å². The zero-order valence-corrected chi connectivity index (χ0v) is 11.0. The van der Waals surface area contributed by atoms with Crippen molar-refractivity contribution in [3.8, 4) is 0 Å². The lowest BCUT2D eigenvalue weighted by molar-refractivity contribution is 0.0663. The summed E-state index contributed by atoms with van der Waals surface area (Å²) in [6.45, 7) is 5.07. The predicted molar refractivity (Wildman–Crippen MR) is 65.3 cm³/mol. The van der Waals surface area contributed by atoms with Crippen molar-refractivity contribution in [3.63, 3.8) is 0 Å². The first kappa shape index (κ1) is 12.4. The van der Waals surface area contributed by atoms with Gasteiger partial charge in [0.25, 0.3) is 5.91 Å². The third-order valence-electron chi connectivity index (χ3n) is 3.22. The summed E-state index contributed by atoms with van der Waals surface area (Å²) < 4.78 is 5.35. The van der Waals surface area contributed by atoms with E-state index in [1.807, 2.05) is 4.90 Å². The Morgan fingerprint density at radius 1 is 1.47 bits per heavy atom. The van der Waals surface area contributed by atoms with Crippen LogP contribution in [0.4, 0.5) is 0 Å². The van der Waals surface area contributed by atoms with Crippen molar-refractivity contribution in [2.45, 2.75) is 26.7 Å². The van der Waals surface area contributed by atoms with Crippen LogP contribution in [0.2, 0.25) is 0 Å². The van der Waals surface area contributed by atoms with Gasteiger partial charge in [0.15, 0.2) is 5.89 Å². The maximum atomic E-state index is 12.2. The normalized spacial score (nSPS) is 17.5. The highest BCUT2D eigenvalue weighted by Gasteiger charge is 2.26. The third kappa shape index (κ3) is 2.63. The van der Waals surface area contributed by atoms with Gasteiger partial charge >= 0.3 is 0 Å². The van der Waals surface area contributed by atoms with Gasteiger partial charge in [-0.15, -0.1) is 11.6 Å². The Balaban J connectivity index is 2.04. The Kier molecular flexibility index (Phi) is 3.72. The number of amides is 1. The highest BCUT2D eigenvalue weighted by atomic mass is 35.5. The van der Waals surface area contributed by atoms with Crippen molar-refractivity contribution in [1.82, 2.24) is 9.88 Å². The van der Waals surface area contributed by atoms with Crippen LogP contribution in [0.5, 0.6) is 0 Å². The number of carbonyl (C=O) groups excluding carboxylic acids is 1. The highest BCUT2D eigenvalue weighted by molar-refractivity contribution is 6.18. The Morgan fingerprint density at radius 3 is 2.59 bits per heavy atom. The average molecular weight is 257 g/mol. The molecule has 1 aromatic heterocycles. The molecule has 0 atom stereocenters. The van der Waals surface area contributed by atoms with E-state index in [1.54, 1.807) is 13.8 Å². The van der Waals surface area contributed by atoms with Crippen LogP contribution < -0.4 is 0 Å². The molecule has 1 saturated heterocycles. The minimum absolute atomic E-state index is 0.0453. The predicted octanol–water partition coefficient (Wildman–Crippen LogP) is 2.38. The molecule has 0 N–H and O–H groups in total. The molecule has 4 nitrogen and oxygen atoms in total. The van der Waals surface area contributed by atoms with Crippen LogP contribution in [-0.2, 0) is 0 Å². The number of aromatic nitrogens is 1. The van der Waals surface area contributed by atoms with Crippen molar-refractivity contribution in [2.24, 2.45) is 5.92 Å². The summed E-state index contributed by atoms with van der Waals surface area (Å²) in [5.74, 6) is 2.10. The van der Waals surface area contributed by atoms with Gasteiger partial charge < -0.3 is 9.32 Å². The summed E-state index contributed by atoms with van der Waals surface area (Å²) >= 11 is 5.82. The fourth-order valence-corrected chi connectivity index (χ4v) is 2.47. The minimum Gasteiger partial charge on any atom is -0.436 e. The molecule has 0 unspecified atom stereocenters. The minimum atomic E-state index is -0.0453. The number of likely N-dealkylation sites (tertiary alicyclic amines) is 1. The van der Waals surface area contributed by atoms with Crippen molar-refractivity contribution in [3.05, 3.63) is 17.3 Å². The Labute approximate surface area is 106 Å². The molecule has 1 fully saturated rings. The number of alkyl halides is 1. The second kappa shape index (κ2) is 5.08. The maximum absolute atomic E-state index is 12.2. The first-order chi connectivity index (χ1) is 8.11. The second-order valence-corrected chi connectivity index (χ2v) is 4.85. The number of nitrogens with zero attached hydrogens (tertiary/aromatic N) is 2. The summed E-state index contributed by atoms with van der Waals surface area (Å²) in [6, 6.07) is 0. The smallest absolute Gasteiger partial charge is 0.291 e. The Bertz CT molecular complexity index is 409. The lowest BCUT2D eigenvalue weighted by Crippen LogP contribution is -2.38. The number of rotatable bonds is 2. The van der Waals surface area contributed by atoms with Gasteiger partial charge in [-0.25, -0.2) is 4.98 Å². The lowest BCUT2D eigenvalue weighted by atomic mass is 9.99. The molecular formula is C12H17ClN2O2. The maximum Gasteiger partial charge on any atom is 0.291 e. The first-order valence-corrected chi connectivity index (χ1v) is 6.44. The molecule has 0 bridgehead atoms. The van der Waals surface area contributed by atoms with E-state index in [2.05, 4.69) is 4.98 Å². The van der Waals surface area contributed by atoms with Crippen molar-refractivity contribution < 1.29 is 9.21 Å². The van der Waals surface area contributed by atoms with Crippen LogP contribution >= 0.6 is 11.6 Å². The molecule has 0 spiro atoms. The van der Waals surface area contributed by atoms with E-state index in [-0.39, 0.29) is 5.91 Å². The molecule has 17 heavy (non-hydrogen) atoms. The van der Waals surface area contributed by atoms with Gasteiger partial charge in [0.1, 0.15) is 0 Å². The molecule has 2 heterocycles. The molecule has 0 saturated carbocycles. The van der Waals surface area contributed by atoms with Crippen LogP contribution in [0, 0.1) is 19.8 Å². The molecule has 0 aromatic carbocycles. The summed E-state index contributed by atoms with van der Waals surface area (Å²) in [5.41, 5.74) is 0.673. The Morgan fingerprint density at radius 2 is 2.12 bits per heavy atom. The second-order valence-electron chi connectivity index (χ2n) is 4.54. The number of hydrogen-bond acceptors (Lipinski definition) is 3. The van der Waals surface area contributed by atoms with Gasteiger partial charge in [-0.1, -0.05) is 0 Å². The monoisotopic (exact) mass is 256 g/mol. The summed E-state index contributed by atoms with van der Waals surface area (Å²) in [4.78, 5) is 18.1. The van der Waals surface area contributed by atoms with Crippen molar-refractivity contribution in [1.29, 1.82) is 0 Å². The van der Waals surface area contributed by atoms with E-state index in [0.717, 1.165) is 25.9 Å². The SMILES string of the molecule is Cc1nc(C)c(C(=O)N2CCC(CCl)CC2)o1. The van der Waals surface area contributed by atoms with E-state index in [1.165, 1.54) is 0 Å². The molecule has 0 radical (unpaired) electrons. The zero-order chi connectivity index (χ0) is 12.4. The molecule has 1 aromatic rings. The first-order valence-electron chi connectivity index (χ1n) is 5.91. The molecule has 1 aliphatic rings. The van der Waals surface area contributed by atoms with E-state index in [0.29, 0.717) is 29.1 Å². The van der Waals surface area contributed by atoms with Crippen LogP contribution in [0.25, 0.3) is 0 Å². The zero-order valence-electron chi connectivity index (χ0n) is 10.2. The number of piperidine rings is 1. The number of oxazole rings is 1. The fraction of sp³-hybridized carbons (Fsp3) is 0.667. The lowest BCUT2D eigenvalue weighted by Gasteiger charge is -2.30. The molecule has 5 heteroatoms. The number of carbonyl (C=O) groups is 1. The third-order valence-corrected chi connectivity index (χ3v) is 3.65. The van der Waals surface area contributed by atoms with Crippen LogP contribution in [0.3, 0.4) is 0 Å². The van der Waals surface area contributed by atoms with Crippen LogP contribution in [0.1, 0.15) is 35.0 Å². The number of aryl methyl sites for hydroxylation is 2. The summed E-state index contributed by atoms with van der Waals surface area (Å²) in [5, 5.41) is 0. The largest absolute Gasteiger partial charge is 0.436 e. The van der Waals surface area contributed by atoms with Crippen molar-refractivity contribution in [2.75, 3.05) is 19.0 Å². The molecule has 2 rings (SSSR count). The number of hydrogen-bond donors (Lipinski definition) is 0. The summed E-state index contributed by atoms with van der Waals surface area (Å²) in [7, 11) is 0. The van der Waals surface area contributed by atoms with E-state index < -0.39 is 0 Å². The highest BCUT2D eigenvalue weighted by Crippen LogP contribution is 2.21. The van der Waals surface area contributed by atoms with E-state index in [4.69, 9.17) is 16.0 Å². The van der Waals surface area contributed by atoms with E-state index >= 15 is 0 Å². The standard InChI is InChI=1S/C12H17ClN2O2/c1-8-11(17-9(2)14-8)12(16)15-5-3-10(7-13)4-6-15/h10H,3-7H2,1-2H3. The van der Waals surface area contributed by atoms with Gasteiger partial charge in [-0.3, -0.25) is 4.79 Å². The molecule has 94 valence electrons. The van der Waals surface area contributed by atoms with Crippen LogP contribution in [0.15, 0.2) is 4.42 Å². The quantitative estimate of drug-likeness (QED) is 0.764. The van der Waals surface area contributed by atoms with Gasteiger partial charge in [0.2, 0.25) is 5.76 Å².